The van der Waals surface area contributed by atoms with Crippen LogP contribution >= 0.6 is 0 Å². The Hall–Kier alpha value is -3.74. The van der Waals surface area contributed by atoms with Crippen molar-refractivity contribution in [2.24, 2.45) is 0 Å². The second-order valence-electron chi connectivity index (χ2n) is 6.77. The van der Waals surface area contributed by atoms with E-state index < -0.39 is 12.1 Å². The summed E-state index contributed by atoms with van der Waals surface area (Å²) in [5, 5.41) is 1.29. The van der Waals surface area contributed by atoms with Gasteiger partial charge in [0, 0.05) is 29.1 Å². The van der Waals surface area contributed by atoms with Crippen molar-refractivity contribution in [3.8, 4) is 0 Å². The number of hydrogen-bond donors (Lipinski definition) is 2. The van der Waals surface area contributed by atoms with E-state index in [4.69, 9.17) is 4.74 Å². The summed E-state index contributed by atoms with van der Waals surface area (Å²) in [7, 11) is 0. The normalized spacial score (nSPS) is 12.2. The van der Waals surface area contributed by atoms with E-state index in [1.807, 2.05) is 24.3 Å². The van der Waals surface area contributed by atoms with Crippen LogP contribution in [0.1, 0.15) is 29.5 Å². The predicted octanol–water partition coefficient (Wildman–Crippen LogP) is 3.15. The van der Waals surface area contributed by atoms with Gasteiger partial charge in [0.1, 0.15) is 5.82 Å². The maximum Gasteiger partial charge on any atom is 0.306 e. The number of nitrogens with zero attached hydrogens (tertiary/aromatic N) is 1. The van der Waals surface area contributed by atoms with Gasteiger partial charge in [0.15, 0.2) is 6.10 Å². The van der Waals surface area contributed by atoms with Crippen LogP contribution < -0.4 is 5.56 Å². The maximum atomic E-state index is 12.7. The molecule has 2 aromatic carbocycles. The van der Waals surface area contributed by atoms with Crippen molar-refractivity contribution < 1.29 is 14.3 Å². The van der Waals surface area contributed by atoms with Crippen molar-refractivity contribution in [1.29, 1.82) is 0 Å². The van der Waals surface area contributed by atoms with Crippen LogP contribution in [0.5, 0.6) is 0 Å². The smallest absolute Gasteiger partial charge is 0.306 e. The fourth-order valence-corrected chi connectivity index (χ4v) is 3.28. The molecule has 2 aromatic heterocycles. The Morgan fingerprint density at radius 1 is 1.07 bits per heavy atom. The van der Waals surface area contributed by atoms with E-state index in [2.05, 4.69) is 15.0 Å². The number of aromatic amines is 2. The summed E-state index contributed by atoms with van der Waals surface area (Å²) >= 11 is 0. The number of benzene rings is 2. The van der Waals surface area contributed by atoms with Crippen LogP contribution in [0.4, 0.5) is 0 Å². The summed E-state index contributed by atoms with van der Waals surface area (Å²) < 4.78 is 5.30. The third-order valence-electron chi connectivity index (χ3n) is 4.76. The summed E-state index contributed by atoms with van der Waals surface area (Å²) in [6.07, 6.45) is 0.936. The number of rotatable bonds is 6. The van der Waals surface area contributed by atoms with Crippen LogP contribution in [0.2, 0.25) is 0 Å². The van der Waals surface area contributed by atoms with Crippen molar-refractivity contribution in [2.75, 3.05) is 0 Å². The van der Waals surface area contributed by atoms with Gasteiger partial charge in [0.2, 0.25) is 5.78 Å². The van der Waals surface area contributed by atoms with Crippen molar-refractivity contribution in [2.45, 2.75) is 25.9 Å². The molecular formula is C22H19N3O4. The maximum absolute atomic E-state index is 12.7. The fourth-order valence-electron chi connectivity index (χ4n) is 3.28. The Bertz CT molecular complexity index is 1270. The largest absolute Gasteiger partial charge is 0.454 e. The lowest BCUT2D eigenvalue weighted by Crippen LogP contribution is -2.24. The molecule has 0 amide bonds. The van der Waals surface area contributed by atoms with Gasteiger partial charge in [-0.1, -0.05) is 30.3 Å². The SMILES string of the molecule is C[C@H](OC(=O)CCc1nc2ccccc2c(=O)[nH]1)C(=O)c1c[nH]c2ccccc12. The number of para-hydroxylation sites is 2. The molecule has 0 saturated heterocycles. The molecule has 0 bridgehead atoms. The number of ketones is 1. The first-order valence-corrected chi connectivity index (χ1v) is 9.30. The van der Waals surface area contributed by atoms with E-state index in [9.17, 15) is 14.4 Å². The highest BCUT2D eigenvalue weighted by Crippen LogP contribution is 2.20. The summed E-state index contributed by atoms with van der Waals surface area (Å²) in [6.45, 7) is 1.55. The number of carbonyl (C=O) groups excluding carboxylic acids is 2. The molecular weight excluding hydrogens is 370 g/mol. The Morgan fingerprint density at radius 2 is 1.79 bits per heavy atom. The Kier molecular flexibility index (Phi) is 4.95. The van der Waals surface area contributed by atoms with E-state index >= 15 is 0 Å². The minimum atomic E-state index is -0.912. The molecule has 0 aliphatic rings. The van der Waals surface area contributed by atoms with Gasteiger partial charge in [0.25, 0.3) is 5.56 Å². The second kappa shape index (κ2) is 7.71. The van der Waals surface area contributed by atoms with Crippen molar-refractivity contribution >= 4 is 33.6 Å². The third kappa shape index (κ3) is 3.80. The molecule has 7 nitrogen and oxygen atoms in total. The van der Waals surface area contributed by atoms with Crippen LogP contribution in [0.3, 0.4) is 0 Å². The molecule has 0 spiro atoms. The lowest BCUT2D eigenvalue weighted by Gasteiger charge is -2.12. The Balaban J connectivity index is 1.40. The van der Waals surface area contributed by atoms with Gasteiger partial charge < -0.3 is 14.7 Å². The zero-order valence-corrected chi connectivity index (χ0v) is 15.8. The van der Waals surface area contributed by atoms with Crippen LogP contribution in [0.25, 0.3) is 21.8 Å². The minimum Gasteiger partial charge on any atom is -0.454 e. The van der Waals surface area contributed by atoms with Gasteiger partial charge in [0.05, 0.1) is 17.3 Å². The van der Waals surface area contributed by atoms with Gasteiger partial charge >= 0.3 is 5.97 Å². The quantitative estimate of drug-likeness (QED) is 0.389. The minimum absolute atomic E-state index is 0.00673. The molecule has 0 aliphatic heterocycles. The highest BCUT2D eigenvalue weighted by Gasteiger charge is 2.22. The summed E-state index contributed by atoms with van der Waals surface area (Å²) in [6, 6.07) is 14.4. The lowest BCUT2D eigenvalue weighted by molar-refractivity contribution is -0.146. The number of esters is 1. The summed E-state index contributed by atoms with van der Waals surface area (Å²) in [5.74, 6) is -0.393. The molecule has 7 heteroatoms. The van der Waals surface area contributed by atoms with Crippen molar-refractivity contribution in [3.05, 3.63) is 76.5 Å². The van der Waals surface area contributed by atoms with Gasteiger partial charge in [-0.15, -0.1) is 0 Å². The van der Waals surface area contributed by atoms with E-state index in [0.29, 0.717) is 22.3 Å². The molecule has 0 aliphatic carbocycles. The first kappa shape index (κ1) is 18.6. The van der Waals surface area contributed by atoms with Crippen molar-refractivity contribution in [1.82, 2.24) is 15.0 Å². The average molecular weight is 389 g/mol. The van der Waals surface area contributed by atoms with Crippen molar-refractivity contribution in [3.63, 3.8) is 0 Å². The Labute approximate surface area is 165 Å². The average Bonchev–Trinajstić information content (AvgIpc) is 3.16. The lowest BCUT2D eigenvalue weighted by atomic mass is 10.1. The zero-order chi connectivity index (χ0) is 20.4. The molecule has 2 N–H and O–H groups in total. The number of aryl methyl sites for hydroxylation is 1. The van der Waals surface area contributed by atoms with Gasteiger partial charge in [-0.3, -0.25) is 14.4 Å². The molecule has 0 saturated carbocycles. The number of ether oxygens (including phenoxy) is 1. The molecule has 0 fully saturated rings. The van der Waals surface area contributed by atoms with E-state index in [1.165, 1.54) is 0 Å². The zero-order valence-electron chi connectivity index (χ0n) is 15.8. The van der Waals surface area contributed by atoms with E-state index in [0.717, 1.165) is 10.9 Å². The number of nitrogens with one attached hydrogen (secondary N) is 2. The first-order valence-electron chi connectivity index (χ1n) is 9.30. The van der Waals surface area contributed by atoms with Crippen LogP contribution in [-0.4, -0.2) is 32.8 Å². The highest BCUT2D eigenvalue weighted by atomic mass is 16.5. The van der Waals surface area contributed by atoms with Gasteiger partial charge in [-0.25, -0.2) is 4.98 Å². The second-order valence-corrected chi connectivity index (χ2v) is 6.77. The number of carbonyl (C=O) groups is 2. The monoisotopic (exact) mass is 389 g/mol. The predicted molar refractivity (Wildman–Crippen MR) is 109 cm³/mol. The molecule has 1 atom stereocenters. The molecule has 4 rings (SSSR count). The van der Waals surface area contributed by atoms with E-state index in [1.54, 1.807) is 37.4 Å². The highest BCUT2D eigenvalue weighted by molar-refractivity contribution is 6.10. The number of hydrogen-bond acceptors (Lipinski definition) is 5. The number of fused-ring (bicyclic) bond motifs is 2. The molecule has 2 heterocycles. The van der Waals surface area contributed by atoms with Crippen LogP contribution in [-0.2, 0) is 16.0 Å². The van der Waals surface area contributed by atoms with Crippen LogP contribution in [0.15, 0.2) is 59.5 Å². The topological polar surface area (TPSA) is 105 Å². The molecule has 0 radical (unpaired) electrons. The van der Waals surface area contributed by atoms with Gasteiger partial charge in [-0.05, 0) is 25.1 Å². The number of aromatic nitrogens is 3. The molecule has 0 unspecified atom stereocenters. The van der Waals surface area contributed by atoms with Crippen LogP contribution in [0, 0.1) is 0 Å². The number of H-pyrrole nitrogens is 2. The standard InChI is InChI=1S/C22H19N3O4/c1-13(21(27)16-12-23-17-8-4-2-6-14(16)17)29-20(26)11-10-19-24-18-9-5-3-7-15(18)22(28)25-19/h2-9,12-13,23H,10-11H2,1H3,(H,24,25,28)/t13-/m0/s1. The molecule has 29 heavy (non-hydrogen) atoms. The fraction of sp³-hybridized carbons (Fsp3) is 0.182. The molecule has 146 valence electrons. The first-order chi connectivity index (χ1) is 14.0. The summed E-state index contributed by atoms with van der Waals surface area (Å²) in [4.78, 5) is 47.0. The Morgan fingerprint density at radius 3 is 2.62 bits per heavy atom. The molecule has 4 aromatic rings. The number of Topliss-reactive ketones (excluding diaryl/α,β-unsaturated/α-hetero) is 1. The summed E-state index contributed by atoms with van der Waals surface area (Å²) in [5.41, 5.74) is 1.66. The third-order valence-corrected chi connectivity index (χ3v) is 4.76. The van der Waals surface area contributed by atoms with E-state index in [-0.39, 0.29) is 24.2 Å². The van der Waals surface area contributed by atoms with Gasteiger partial charge in [-0.2, -0.15) is 0 Å².